The Balaban J connectivity index is 2.22. The highest BCUT2D eigenvalue weighted by Crippen LogP contribution is 2.29. The van der Waals surface area contributed by atoms with Crippen LogP contribution in [-0.4, -0.2) is 33.2 Å². The van der Waals surface area contributed by atoms with E-state index in [-0.39, 0.29) is 11.4 Å². The first kappa shape index (κ1) is 13.4. The largest absolute Gasteiger partial charge is 0.409 e. The number of oxime groups is 1. The molecular weight excluding hydrogens is 246 g/mol. The summed E-state index contributed by atoms with van der Waals surface area (Å²) in [6, 6.07) is 0.347. The molecule has 0 bridgehead atoms. The topological polar surface area (TPSA) is 96.7 Å². The Hall–Kier alpha value is -2.05. The Morgan fingerprint density at radius 1 is 1.68 bits per heavy atom. The molecule has 0 unspecified atom stereocenters. The van der Waals surface area contributed by atoms with E-state index in [0.29, 0.717) is 31.4 Å². The second kappa shape index (κ2) is 5.73. The Kier molecular flexibility index (Phi) is 4.03. The van der Waals surface area contributed by atoms with Crippen LogP contribution in [0.3, 0.4) is 0 Å². The van der Waals surface area contributed by atoms with Gasteiger partial charge < -0.3 is 20.4 Å². The molecule has 19 heavy (non-hydrogen) atoms. The average molecular weight is 265 g/mol. The Morgan fingerprint density at radius 3 is 3.00 bits per heavy atom. The number of hydrogen-bond donors (Lipinski definition) is 2. The number of nitrogens with two attached hydrogens (primary N) is 1. The Bertz CT molecular complexity index is 521. The second-order valence-corrected chi connectivity index (χ2v) is 4.61. The molecule has 0 radical (unpaired) electrons. The molecule has 2 rings (SSSR count). The van der Waals surface area contributed by atoms with Gasteiger partial charge in [0.05, 0.1) is 0 Å². The lowest BCUT2D eigenvalue weighted by Crippen LogP contribution is -2.37. The molecule has 1 aliphatic carbocycles. The third-order valence-electron chi connectivity index (χ3n) is 3.23. The molecule has 7 nitrogen and oxygen atoms in total. The van der Waals surface area contributed by atoms with Gasteiger partial charge in [-0.15, -0.1) is 0 Å². The molecule has 0 atom stereocenters. The fraction of sp³-hybridized carbons (Fsp3) is 0.583. The molecule has 1 fully saturated rings. The van der Waals surface area contributed by atoms with Gasteiger partial charge in [0.2, 0.25) is 0 Å². The zero-order valence-electron chi connectivity index (χ0n) is 11.0. The predicted molar refractivity (Wildman–Crippen MR) is 72.6 cm³/mol. The lowest BCUT2D eigenvalue weighted by Gasteiger charge is -2.22. The lowest BCUT2D eigenvalue weighted by atomic mass is 10.3. The number of aromatic nitrogens is 2. The van der Waals surface area contributed by atoms with Crippen molar-refractivity contribution in [2.75, 3.05) is 11.4 Å². The van der Waals surface area contributed by atoms with E-state index in [2.05, 4.69) is 10.1 Å². The van der Waals surface area contributed by atoms with Gasteiger partial charge in [-0.05, 0) is 19.8 Å². The smallest absolute Gasteiger partial charge is 0.293 e. The van der Waals surface area contributed by atoms with E-state index in [1.54, 1.807) is 17.0 Å². The molecule has 3 N–H and O–H groups in total. The number of rotatable bonds is 6. The Morgan fingerprint density at radius 2 is 2.42 bits per heavy atom. The summed E-state index contributed by atoms with van der Waals surface area (Å²) in [6.07, 6.45) is 5.84. The quantitative estimate of drug-likeness (QED) is 0.335. The number of aryl methyl sites for hydroxylation is 1. The minimum Gasteiger partial charge on any atom is -0.409 e. The van der Waals surface area contributed by atoms with E-state index in [0.717, 1.165) is 12.8 Å². The van der Waals surface area contributed by atoms with Crippen LogP contribution in [0.25, 0.3) is 0 Å². The molecule has 1 aromatic heterocycles. The van der Waals surface area contributed by atoms with Crippen molar-refractivity contribution in [2.24, 2.45) is 10.9 Å². The van der Waals surface area contributed by atoms with Gasteiger partial charge in [0.1, 0.15) is 5.84 Å². The van der Waals surface area contributed by atoms with Crippen LogP contribution in [0.1, 0.15) is 26.2 Å². The summed E-state index contributed by atoms with van der Waals surface area (Å²) in [5.41, 5.74) is 5.40. The molecule has 0 spiro atoms. The van der Waals surface area contributed by atoms with Crippen LogP contribution in [0.5, 0.6) is 0 Å². The number of hydrogen-bond acceptors (Lipinski definition) is 5. The minimum atomic E-state index is -0.0867. The van der Waals surface area contributed by atoms with Gasteiger partial charge >= 0.3 is 0 Å². The highest BCUT2D eigenvalue weighted by atomic mass is 16.4. The molecule has 0 amide bonds. The summed E-state index contributed by atoms with van der Waals surface area (Å²) >= 11 is 0. The van der Waals surface area contributed by atoms with Crippen LogP contribution in [0.15, 0.2) is 22.3 Å². The maximum absolute atomic E-state index is 12.2. The van der Waals surface area contributed by atoms with Gasteiger partial charge in [0.25, 0.3) is 5.56 Å². The van der Waals surface area contributed by atoms with Gasteiger partial charge in [0, 0.05) is 37.9 Å². The zero-order valence-corrected chi connectivity index (χ0v) is 11.0. The van der Waals surface area contributed by atoms with E-state index >= 15 is 0 Å². The van der Waals surface area contributed by atoms with Crippen molar-refractivity contribution in [1.29, 1.82) is 0 Å². The van der Waals surface area contributed by atoms with E-state index < -0.39 is 0 Å². The van der Waals surface area contributed by atoms with Crippen molar-refractivity contribution in [2.45, 2.75) is 38.8 Å². The molecule has 1 aromatic rings. The van der Waals surface area contributed by atoms with E-state index in [4.69, 9.17) is 10.9 Å². The fourth-order valence-electron chi connectivity index (χ4n) is 2.01. The molecule has 1 aliphatic rings. The van der Waals surface area contributed by atoms with Crippen LogP contribution < -0.4 is 16.2 Å². The molecule has 0 aromatic carbocycles. The first-order valence-electron chi connectivity index (χ1n) is 6.45. The van der Waals surface area contributed by atoms with E-state index in [1.165, 1.54) is 0 Å². The van der Waals surface area contributed by atoms with Crippen LogP contribution in [-0.2, 0) is 6.54 Å². The van der Waals surface area contributed by atoms with Crippen LogP contribution in [0.2, 0.25) is 0 Å². The summed E-state index contributed by atoms with van der Waals surface area (Å²) in [7, 11) is 0. The molecule has 0 saturated heterocycles. The number of anilines is 1. The normalized spacial score (nSPS) is 15.5. The molecule has 1 heterocycles. The zero-order chi connectivity index (χ0) is 13.8. The number of nitrogens with zero attached hydrogens (tertiary/aromatic N) is 4. The minimum absolute atomic E-state index is 0.0867. The maximum Gasteiger partial charge on any atom is 0.293 e. The molecule has 0 aliphatic heterocycles. The summed E-state index contributed by atoms with van der Waals surface area (Å²) in [4.78, 5) is 18.4. The van der Waals surface area contributed by atoms with Crippen molar-refractivity contribution in [3.63, 3.8) is 0 Å². The van der Waals surface area contributed by atoms with Gasteiger partial charge in [-0.1, -0.05) is 5.16 Å². The lowest BCUT2D eigenvalue weighted by molar-refractivity contribution is 0.317. The average Bonchev–Trinajstić information content (AvgIpc) is 3.25. The highest BCUT2D eigenvalue weighted by Gasteiger charge is 2.31. The molecule has 7 heteroatoms. The van der Waals surface area contributed by atoms with Crippen LogP contribution in [0.4, 0.5) is 5.82 Å². The van der Waals surface area contributed by atoms with Gasteiger partial charge in [-0.2, -0.15) is 0 Å². The number of amidine groups is 1. The van der Waals surface area contributed by atoms with Crippen molar-refractivity contribution < 1.29 is 5.21 Å². The van der Waals surface area contributed by atoms with Gasteiger partial charge in [0.15, 0.2) is 5.82 Å². The SMILES string of the molecule is CCn1ccnc(N(CCC(N)=NO)C2CC2)c1=O. The molecule has 1 saturated carbocycles. The van der Waals surface area contributed by atoms with Gasteiger partial charge in [-0.3, -0.25) is 4.79 Å². The van der Waals surface area contributed by atoms with Crippen molar-refractivity contribution >= 4 is 11.7 Å². The predicted octanol–water partition coefficient (Wildman–Crippen LogP) is 0.368. The monoisotopic (exact) mass is 265 g/mol. The van der Waals surface area contributed by atoms with Crippen molar-refractivity contribution in [3.05, 3.63) is 22.7 Å². The Labute approximate surface area is 111 Å². The molecular formula is C12H19N5O2. The van der Waals surface area contributed by atoms with Crippen LogP contribution >= 0.6 is 0 Å². The van der Waals surface area contributed by atoms with E-state index in [1.807, 2.05) is 11.8 Å². The van der Waals surface area contributed by atoms with Crippen molar-refractivity contribution in [3.8, 4) is 0 Å². The van der Waals surface area contributed by atoms with Gasteiger partial charge in [-0.25, -0.2) is 4.98 Å². The van der Waals surface area contributed by atoms with Crippen LogP contribution in [0, 0.1) is 0 Å². The fourth-order valence-corrected chi connectivity index (χ4v) is 2.01. The summed E-state index contributed by atoms with van der Waals surface area (Å²) in [5, 5.41) is 11.5. The summed E-state index contributed by atoms with van der Waals surface area (Å²) in [5.74, 6) is 0.620. The molecule has 104 valence electrons. The first-order chi connectivity index (χ1) is 9.17. The van der Waals surface area contributed by atoms with E-state index in [9.17, 15) is 4.79 Å². The third-order valence-corrected chi connectivity index (χ3v) is 3.23. The first-order valence-corrected chi connectivity index (χ1v) is 6.45. The second-order valence-electron chi connectivity index (χ2n) is 4.61. The highest BCUT2D eigenvalue weighted by molar-refractivity contribution is 5.80. The maximum atomic E-state index is 12.2. The summed E-state index contributed by atoms with van der Waals surface area (Å²) in [6.45, 7) is 3.08. The third kappa shape index (κ3) is 3.04. The summed E-state index contributed by atoms with van der Waals surface area (Å²) < 4.78 is 1.63. The standard InChI is InChI=1S/C12H19N5O2/c1-2-16-8-6-14-11(12(16)18)17(9-3-4-9)7-5-10(13)15-19/h6,8-9,19H,2-5,7H2,1H3,(H2,13,15). The van der Waals surface area contributed by atoms with Crippen molar-refractivity contribution in [1.82, 2.24) is 9.55 Å².